The largest absolute Gasteiger partial charge is 0.396 e. The second kappa shape index (κ2) is 7.45. The number of aliphatic hydroxyl groups excluding tert-OH is 1. The Morgan fingerprint density at radius 1 is 1.58 bits per heavy atom. The molecule has 0 aliphatic carbocycles. The molecule has 0 bridgehead atoms. The van der Waals surface area contributed by atoms with Gasteiger partial charge in [-0.25, -0.2) is 4.98 Å². The summed E-state index contributed by atoms with van der Waals surface area (Å²) in [4.78, 5) is 18.2. The van der Waals surface area contributed by atoms with Gasteiger partial charge in [-0.15, -0.1) is 0 Å². The fourth-order valence-electron chi connectivity index (χ4n) is 1.64. The van der Waals surface area contributed by atoms with E-state index >= 15 is 0 Å². The molecule has 1 heterocycles. The number of carbonyl (C=O) groups is 1. The molecule has 0 spiro atoms. The third-order valence-corrected chi connectivity index (χ3v) is 3.17. The molecule has 6 heteroatoms. The van der Waals surface area contributed by atoms with Crippen LogP contribution in [0.3, 0.4) is 0 Å². The molecule has 5 nitrogen and oxygen atoms in total. The van der Waals surface area contributed by atoms with E-state index in [1.54, 1.807) is 17.2 Å². The monoisotopic (exact) mass is 329 g/mol. The first-order valence-electron chi connectivity index (χ1n) is 6.17. The van der Waals surface area contributed by atoms with Crippen LogP contribution in [0.5, 0.6) is 0 Å². The maximum Gasteiger partial charge on any atom is 0.255 e. The highest BCUT2D eigenvalue weighted by Gasteiger charge is 2.15. The number of nitrogens with one attached hydrogen (secondary N) is 1. The average molecular weight is 330 g/mol. The lowest BCUT2D eigenvalue weighted by Crippen LogP contribution is -2.30. The Balaban J connectivity index is 2.78. The zero-order valence-electron chi connectivity index (χ0n) is 11.5. The van der Waals surface area contributed by atoms with Gasteiger partial charge in [0, 0.05) is 37.9 Å². The number of carbonyl (C=O) groups excluding carboxylic acids is 1. The molecule has 19 heavy (non-hydrogen) atoms. The van der Waals surface area contributed by atoms with Crippen molar-refractivity contribution in [1.29, 1.82) is 0 Å². The van der Waals surface area contributed by atoms with Crippen molar-refractivity contribution in [2.24, 2.45) is 5.92 Å². The minimum absolute atomic E-state index is 0.137. The van der Waals surface area contributed by atoms with Crippen molar-refractivity contribution in [1.82, 2.24) is 10.3 Å². The van der Waals surface area contributed by atoms with Gasteiger partial charge in [-0.3, -0.25) is 4.79 Å². The second-order valence-corrected chi connectivity index (χ2v) is 5.66. The normalized spacial score (nSPS) is 12.1. The summed E-state index contributed by atoms with van der Waals surface area (Å²) in [6, 6.07) is 1.76. The first kappa shape index (κ1) is 15.9. The van der Waals surface area contributed by atoms with Crippen molar-refractivity contribution in [2.45, 2.75) is 13.3 Å². The maximum absolute atomic E-state index is 12.2. The first-order chi connectivity index (χ1) is 8.95. The summed E-state index contributed by atoms with van der Waals surface area (Å²) in [5.74, 6) is 0.731. The SMILES string of the molecule is CC(CCO)CNC(=O)c1cc(Br)cnc1N(C)C. The summed E-state index contributed by atoms with van der Waals surface area (Å²) in [6.45, 7) is 2.67. The predicted molar refractivity (Wildman–Crippen MR) is 79.5 cm³/mol. The molecule has 0 aromatic carbocycles. The molecule has 1 atom stereocenters. The summed E-state index contributed by atoms with van der Waals surface area (Å²) in [5, 5.41) is 11.7. The number of pyridine rings is 1. The van der Waals surface area contributed by atoms with Gasteiger partial charge in [0.1, 0.15) is 5.82 Å². The number of halogens is 1. The molecule has 0 saturated carbocycles. The highest BCUT2D eigenvalue weighted by atomic mass is 79.9. The van der Waals surface area contributed by atoms with Crippen LogP contribution in [-0.4, -0.2) is 43.2 Å². The van der Waals surface area contributed by atoms with Crippen molar-refractivity contribution in [2.75, 3.05) is 32.1 Å². The summed E-state index contributed by atoms with van der Waals surface area (Å²) < 4.78 is 0.770. The van der Waals surface area contributed by atoms with E-state index in [4.69, 9.17) is 5.11 Å². The van der Waals surface area contributed by atoms with E-state index in [9.17, 15) is 4.79 Å². The molecule has 0 aliphatic heterocycles. The maximum atomic E-state index is 12.2. The Labute approximate surface area is 122 Å². The van der Waals surface area contributed by atoms with Crippen LogP contribution in [0.1, 0.15) is 23.7 Å². The van der Waals surface area contributed by atoms with Gasteiger partial charge >= 0.3 is 0 Å². The van der Waals surface area contributed by atoms with Gasteiger partial charge in [0.05, 0.1) is 5.56 Å². The molecule has 0 aliphatic rings. The Kier molecular flexibility index (Phi) is 6.24. The van der Waals surface area contributed by atoms with Crippen molar-refractivity contribution < 1.29 is 9.90 Å². The van der Waals surface area contributed by atoms with E-state index in [0.717, 1.165) is 4.47 Å². The lowest BCUT2D eigenvalue weighted by molar-refractivity contribution is 0.0945. The Hall–Kier alpha value is -1.14. The van der Waals surface area contributed by atoms with Gasteiger partial charge in [0.15, 0.2) is 0 Å². The molecule has 2 N–H and O–H groups in total. The lowest BCUT2D eigenvalue weighted by Gasteiger charge is -2.17. The summed E-state index contributed by atoms with van der Waals surface area (Å²) in [5.41, 5.74) is 0.538. The topological polar surface area (TPSA) is 65.5 Å². The van der Waals surface area contributed by atoms with Gasteiger partial charge in [-0.2, -0.15) is 0 Å². The van der Waals surface area contributed by atoms with Crippen molar-refractivity contribution in [3.05, 3.63) is 22.3 Å². The summed E-state index contributed by atoms with van der Waals surface area (Å²) in [6.07, 6.45) is 2.35. The number of aliphatic hydroxyl groups is 1. The minimum Gasteiger partial charge on any atom is -0.396 e. The van der Waals surface area contributed by atoms with Crippen LogP contribution in [0.4, 0.5) is 5.82 Å². The van der Waals surface area contributed by atoms with Gasteiger partial charge in [0.25, 0.3) is 5.91 Å². The minimum atomic E-state index is -0.151. The molecular formula is C13H20BrN3O2. The number of amides is 1. The average Bonchev–Trinajstić information content (AvgIpc) is 2.35. The van der Waals surface area contributed by atoms with E-state index in [-0.39, 0.29) is 18.4 Å². The Morgan fingerprint density at radius 2 is 2.26 bits per heavy atom. The van der Waals surface area contributed by atoms with Gasteiger partial charge < -0.3 is 15.3 Å². The van der Waals surface area contributed by atoms with Crippen molar-refractivity contribution >= 4 is 27.7 Å². The highest BCUT2D eigenvalue weighted by Crippen LogP contribution is 2.20. The summed E-state index contributed by atoms with van der Waals surface area (Å²) >= 11 is 3.32. The number of hydrogen-bond donors (Lipinski definition) is 2. The second-order valence-electron chi connectivity index (χ2n) is 4.75. The number of anilines is 1. The molecule has 1 amide bonds. The van der Waals surface area contributed by atoms with Crippen LogP contribution in [0.15, 0.2) is 16.7 Å². The molecule has 1 rings (SSSR count). The number of aromatic nitrogens is 1. The molecule has 106 valence electrons. The number of rotatable bonds is 6. The predicted octanol–water partition coefficient (Wildman–Crippen LogP) is 1.66. The van der Waals surface area contributed by atoms with E-state index < -0.39 is 0 Å². The van der Waals surface area contributed by atoms with Crippen LogP contribution >= 0.6 is 15.9 Å². The van der Waals surface area contributed by atoms with Gasteiger partial charge in [-0.05, 0) is 34.3 Å². The molecule has 0 fully saturated rings. The smallest absolute Gasteiger partial charge is 0.255 e. The fraction of sp³-hybridized carbons (Fsp3) is 0.538. The molecule has 0 saturated heterocycles. The highest BCUT2D eigenvalue weighted by molar-refractivity contribution is 9.10. The third kappa shape index (κ3) is 4.80. The van der Waals surface area contributed by atoms with Crippen LogP contribution < -0.4 is 10.2 Å². The van der Waals surface area contributed by atoms with Crippen molar-refractivity contribution in [3.63, 3.8) is 0 Å². The molecule has 0 radical (unpaired) electrons. The van der Waals surface area contributed by atoms with Crippen molar-refractivity contribution in [3.8, 4) is 0 Å². The van der Waals surface area contributed by atoms with E-state index in [1.165, 1.54) is 0 Å². The molecular weight excluding hydrogens is 310 g/mol. The zero-order valence-corrected chi connectivity index (χ0v) is 13.1. The standard InChI is InChI=1S/C13H20BrN3O2/c1-9(4-5-18)7-16-13(19)11-6-10(14)8-15-12(11)17(2)3/h6,8-9,18H,4-5,7H2,1-3H3,(H,16,19). The lowest BCUT2D eigenvalue weighted by atomic mass is 10.1. The van der Waals surface area contributed by atoms with Crippen LogP contribution in [0.25, 0.3) is 0 Å². The van der Waals surface area contributed by atoms with E-state index in [1.807, 2.05) is 21.0 Å². The van der Waals surface area contributed by atoms with Crippen LogP contribution in [0, 0.1) is 5.92 Å². The molecule has 1 aromatic rings. The molecule has 1 unspecified atom stereocenters. The van der Waals surface area contributed by atoms with Gasteiger partial charge in [-0.1, -0.05) is 6.92 Å². The van der Waals surface area contributed by atoms with Gasteiger partial charge in [0.2, 0.25) is 0 Å². The van der Waals surface area contributed by atoms with E-state index in [0.29, 0.717) is 24.3 Å². The van der Waals surface area contributed by atoms with E-state index in [2.05, 4.69) is 26.2 Å². The van der Waals surface area contributed by atoms with Crippen LogP contribution in [0.2, 0.25) is 0 Å². The zero-order chi connectivity index (χ0) is 14.4. The number of nitrogens with zero attached hydrogens (tertiary/aromatic N) is 2. The fourth-order valence-corrected chi connectivity index (χ4v) is 1.97. The number of hydrogen-bond acceptors (Lipinski definition) is 4. The Morgan fingerprint density at radius 3 is 2.84 bits per heavy atom. The Bertz CT molecular complexity index is 438. The summed E-state index contributed by atoms with van der Waals surface area (Å²) in [7, 11) is 3.70. The molecule has 1 aromatic heterocycles. The first-order valence-corrected chi connectivity index (χ1v) is 6.97. The quantitative estimate of drug-likeness (QED) is 0.833. The third-order valence-electron chi connectivity index (χ3n) is 2.73. The van der Waals surface area contributed by atoms with Crippen LogP contribution in [-0.2, 0) is 0 Å².